The van der Waals surface area contributed by atoms with Crippen LogP contribution in [0.1, 0.15) is 28.4 Å². The van der Waals surface area contributed by atoms with Crippen molar-refractivity contribution >= 4 is 11.5 Å². The van der Waals surface area contributed by atoms with Gasteiger partial charge in [0, 0.05) is 5.56 Å². The second-order valence-electron chi connectivity index (χ2n) is 4.72. The lowest BCUT2D eigenvalue weighted by Gasteiger charge is -2.11. The van der Waals surface area contributed by atoms with E-state index in [1.165, 1.54) is 0 Å². The quantitative estimate of drug-likeness (QED) is 0.677. The Kier molecular flexibility index (Phi) is 4.48. The van der Waals surface area contributed by atoms with Crippen LogP contribution >= 0.6 is 0 Å². The summed E-state index contributed by atoms with van der Waals surface area (Å²) in [5, 5.41) is 0. The Morgan fingerprint density at radius 2 is 1.86 bits per heavy atom. The number of hydrogen-bond acceptors (Lipinski definition) is 4. The van der Waals surface area contributed by atoms with E-state index in [-0.39, 0.29) is 5.78 Å². The zero-order valence-electron chi connectivity index (χ0n) is 12.5. The van der Waals surface area contributed by atoms with E-state index in [0.717, 1.165) is 5.56 Å². The molecule has 110 valence electrons. The first-order chi connectivity index (χ1) is 10.1. The van der Waals surface area contributed by atoms with Crippen LogP contribution in [0.4, 0.5) is 5.69 Å². The maximum atomic E-state index is 12.6. The SMILES string of the molecule is CCOc1ccc(C(=O)c2cc(C)ccc2OC)cc1N. The average molecular weight is 285 g/mol. The Balaban J connectivity index is 2.40. The number of methoxy groups -OCH3 is 1. The van der Waals surface area contributed by atoms with Crippen molar-refractivity contribution in [3.8, 4) is 11.5 Å². The maximum absolute atomic E-state index is 12.6. The van der Waals surface area contributed by atoms with E-state index in [9.17, 15) is 4.79 Å². The molecule has 0 saturated heterocycles. The van der Waals surface area contributed by atoms with Crippen LogP contribution in [0, 0.1) is 6.92 Å². The Hall–Kier alpha value is -2.49. The molecular formula is C17H19NO3. The summed E-state index contributed by atoms with van der Waals surface area (Å²) in [5.41, 5.74) is 8.41. The lowest BCUT2D eigenvalue weighted by atomic mass is 10.00. The van der Waals surface area contributed by atoms with Crippen LogP contribution in [0.5, 0.6) is 11.5 Å². The number of nitrogen functional groups attached to an aromatic ring is 1. The van der Waals surface area contributed by atoms with Gasteiger partial charge in [0.15, 0.2) is 5.78 Å². The first-order valence-electron chi connectivity index (χ1n) is 6.78. The standard InChI is InChI=1S/C17H19NO3/c1-4-21-16-8-6-12(10-14(16)18)17(19)13-9-11(2)5-7-15(13)20-3/h5-10H,4,18H2,1-3H3. The summed E-state index contributed by atoms with van der Waals surface area (Å²) < 4.78 is 10.6. The van der Waals surface area contributed by atoms with E-state index in [4.69, 9.17) is 15.2 Å². The summed E-state index contributed by atoms with van der Waals surface area (Å²) in [6.45, 7) is 4.35. The fraction of sp³-hybridized carbons (Fsp3) is 0.235. The van der Waals surface area contributed by atoms with E-state index in [2.05, 4.69) is 0 Å². The van der Waals surface area contributed by atoms with Crippen molar-refractivity contribution in [1.82, 2.24) is 0 Å². The second-order valence-corrected chi connectivity index (χ2v) is 4.72. The Morgan fingerprint density at radius 1 is 1.14 bits per heavy atom. The molecule has 0 aliphatic heterocycles. The molecule has 0 amide bonds. The Labute approximate surface area is 124 Å². The van der Waals surface area contributed by atoms with Gasteiger partial charge in [-0.25, -0.2) is 0 Å². The van der Waals surface area contributed by atoms with Gasteiger partial charge < -0.3 is 15.2 Å². The largest absolute Gasteiger partial charge is 0.496 e. The fourth-order valence-corrected chi connectivity index (χ4v) is 2.13. The number of benzene rings is 2. The number of nitrogens with two attached hydrogens (primary N) is 1. The van der Waals surface area contributed by atoms with Crippen LogP contribution in [-0.2, 0) is 0 Å². The monoisotopic (exact) mass is 285 g/mol. The summed E-state index contributed by atoms with van der Waals surface area (Å²) in [7, 11) is 1.55. The van der Waals surface area contributed by atoms with Gasteiger partial charge >= 0.3 is 0 Å². The maximum Gasteiger partial charge on any atom is 0.196 e. The molecule has 0 heterocycles. The topological polar surface area (TPSA) is 61.5 Å². The van der Waals surface area contributed by atoms with Gasteiger partial charge in [-0.1, -0.05) is 11.6 Å². The fourth-order valence-electron chi connectivity index (χ4n) is 2.13. The summed E-state index contributed by atoms with van der Waals surface area (Å²) in [5.74, 6) is 1.02. The summed E-state index contributed by atoms with van der Waals surface area (Å²) in [6, 6.07) is 10.6. The van der Waals surface area contributed by atoms with Crippen molar-refractivity contribution in [2.24, 2.45) is 0 Å². The highest BCUT2D eigenvalue weighted by molar-refractivity contribution is 6.11. The predicted molar refractivity (Wildman–Crippen MR) is 83.2 cm³/mol. The van der Waals surface area contributed by atoms with Gasteiger partial charge in [-0.05, 0) is 44.2 Å². The lowest BCUT2D eigenvalue weighted by Crippen LogP contribution is -2.06. The number of hydrogen-bond donors (Lipinski definition) is 1. The average Bonchev–Trinajstić information content (AvgIpc) is 2.48. The first-order valence-corrected chi connectivity index (χ1v) is 6.78. The highest BCUT2D eigenvalue weighted by Gasteiger charge is 2.16. The minimum absolute atomic E-state index is 0.120. The first kappa shape index (κ1) is 14.9. The molecule has 0 bridgehead atoms. The summed E-state index contributed by atoms with van der Waals surface area (Å²) >= 11 is 0. The smallest absolute Gasteiger partial charge is 0.196 e. The van der Waals surface area contributed by atoms with E-state index in [1.54, 1.807) is 31.4 Å². The molecule has 0 unspecified atom stereocenters. The third-order valence-corrected chi connectivity index (χ3v) is 3.17. The van der Waals surface area contributed by atoms with Gasteiger partial charge in [-0.2, -0.15) is 0 Å². The van der Waals surface area contributed by atoms with Crippen molar-refractivity contribution in [2.45, 2.75) is 13.8 Å². The molecule has 0 spiro atoms. The molecule has 4 nitrogen and oxygen atoms in total. The van der Waals surface area contributed by atoms with Crippen LogP contribution in [0.15, 0.2) is 36.4 Å². The van der Waals surface area contributed by atoms with E-state index in [0.29, 0.717) is 34.9 Å². The van der Waals surface area contributed by atoms with Crippen molar-refractivity contribution in [2.75, 3.05) is 19.5 Å². The molecule has 0 radical (unpaired) electrons. The molecule has 0 aliphatic carbocycles. The summed E-state index contributed by atoms with van der Waals surface area (Å²) in [6.07, 6.45) is 0. The number of ether oxygens (including phenoxy) is 2. The zero-order valence-corrected chi connectivity index (χ0v) is 12.5. The zero-order chi connectivity index (χ0) is 15.4. The van der Waals surface area contributed by atoms with Gasteiger partial charge in [-0.15, -0.1) is 0 Å². The normalized spacial score (nSPS) is 10.2. The van der Waals surface area contributed by atoms with Gasteiger partial charge in [0.05, 0.1) is 25.0 Å². The van der Waals surface area contributed by atoms with Gasteiger partial charge in [0.1, 0.15) is 11.5 Å². The van der Waals surface area contributed by atoms with Crippen LogP contribution in [-0.4, -0.2) is 19.5 Å². The number of carbonyl (C=O) groups is 1. The number of rotatable bonds is 5. The second kappa shape index (κ2) is 6.31. The molecule has 0 aliphatic rings. The predicted octanol–water partition coefficient (Wildman–Crippen LogP) is 3.22. The molecule has 0 saturated carbocycles. The molecule has 0 fully saturated rings. The molecule has 0 aromatic heterocycles. The number of ketones is 1. The molecule has 0 atom stereocenters. The van der Waals surface area contributed by atoms with E-state index in [1.807, 2.05) is 26.0 Å². The highest BCUT2D eigenvalue weighted by Crippen LogP contribution is 2.27. The van der Waals surface area contributed by atoms with Crippen LogP contribution < -0.4 is 15.2 Å². The van der Waals surface area contributed by atoms with Gasteiger partial charge in [0.25, 0.3) is 0 Å². The molecule has 2 rings (SSSR count). The number of carbonyl (C=O) groups excluding carboxylic acids is 1. The van der Waals surface area contributed by atoms with Crippen LogP contribution in [0.3, 0.4) is 0 Å². The third-order valence-electron chi connectivity index (χ3n) is 3.17. The summed E-state index contributed by atoms with van der Waals surface area (Å²) in [4.78, 5) is 12.6. The van der Waals surface area contributed by atoms with Crippen molar-refractivity contribution in [1.29, 1.82) is 0 Å². The highest BCUT2D eigenvalue weighted by atomic mass is 16.5. The lowest BCUT2D eigenvalue weighted by molar-refractivity contribution is 0.103. The Bertz CT molecular complexity index is 665. The third kappa shape index (κ3) is 3.16. The minimum Gasteiger partial charge on any atom is -0.496 e. The van der Waals surface area contributed by atoms with Gasteiger partial charge in [-0.3, -0.25) is 4.79 Å². The molecule has 21 heavy (non-hydrogen) atoms. The number of anilines is 1. The van der Waals surface area contributed by atoms with Crippen molar-refractivity contribution in [3.05, 3.63) is 53.1 Å². The van der Waals surface area contributed by atoms with Crippen LogP contribution in [0.2, 0.25) is 0 Å². The molecule has 2 aromatic carbocycles. The number of aryl methyl sites for hydroxylation is 1. The molecular weight excluding hydrogens is 266 g/mol. The van der Waals surface area contributed by atoms with E-state index < -0.39 is 0 Å². The molecule has 2 aromatic rings. The minimum atomic E-state index is -0.120. The molecule has 2 N–H and O–H groups in total. The molecule has 4 heteroatoms. The van der Waals surface area contributed by atoms with Crippen molar-refractivity contribution < 1.29 is 14.3 Å². The van der Waals surface area contributed by atoms with Crippen molar-refractivity contribution in [3.63, 3.8) is 0 Å². The Morgan fingerprint density at radius 3 is 2.48 bits per heavy atom. The van der Waals surface area contributed by atoms with Gasteiger partial charge in [0.2, 0.25) is 0 Å². The van der Waals surface area contributed by atoms with E-state index >= 15 is 0 Å². The van der Waals surface area contributed by atoms with Crippen LogP contribution in [0.25, 0.3) is 0 Å².